The fraction of sp³-hybridized carbons (Fsp3) is 0. The summed E-state index contributed by atoms with van der Waals surface area (Å²) in [5, 5.41) is 2.62. The topological polar surface area (TPSA) is 0 Å². The number of rotatable bonds is 0. The van der Waals surface area contributed by atoms with Gasteiger partial charge in [-0.15, -0.1) is 0 Å². The highest BCUT2D eigenvalue weighted by Gasteiger charge is 1.85. The summed E-state index contributed by atoms with van der Waals surface area (Å²) in [7, 11) is 0. The second kappa shape index (κ2) is 2.14. The second-order valence-corrected chi connectivity index (χ2v) is 2.35. The van der Waals surface area contributed by atoms with Crippen LogP contribution in [-0.2, 0) is 0 Å². The van der Waals surface area contributed by atoms with E-state index in [1.54, 1.807) is 0 Å². The van der Waals surface area contributed by atoms with E-state index >= 15 is 0 Å². The lowest BCUT2D eigenvalue weighted by Crippen LogP contribution is -1.67. The summed E-state index contributed by atoms with van der Waals surface area (Å²) in [6.45, 7) is 0. The van der Waals surface area contributed by atoms with Gasteiger partial charge in [0.25, 0.3) is 0 Å². The normalized spacial score (nSPS) is 10.0. The third-order valence-electron chi connectivity index (χ3n) is 1.66. The van der Waals surface area contributed by atoms with Crippen molar-refractivity contribution in [2.24, 2.45) is 0 Å². The van der Waals surface area contributed by atoms with Crippen LogP contribution in [0, 0.1) is 0 Å². The van der Waals surface area contributed by atoms with Crippen molar-refractivity contribution >= 4 is 10.8 Å². The zero-order chi connectivity index (χ0) is 6.81. The van der Waals surface area contributed by atoms with Crippen LogP contribution < -0.4 is 0 Å². The molecule has 0 N–H and O–H groups in total. The number of benzene rings is 2. The van der Waals surface area contributed by atoms with E-state index in [0.717, 1.165) is 0 Å². The van der Waals surface area contributed by atoms with Gasteiger partial charge in [-0.1, -0.05) is 48.5 Å². The van der Waals surface area contributed by atoms with Crippen LogP contribution in [0.5, 0.6) is 0 Å². The Bertz CT molecular complexity index is 291. The molecule has 0 saturated carbocycles. The van der Waals surface area contributed by atoms with Crippen molar-refractivity contribution in [3.8, 4) is 0 Å². The summed E-state index contributed by atoms with van der Waals surface area (Å²) in [6, 6.07) is 16.7. The van der Waals surface area contributed by atoms with Crippen molar-refractivity contribution in [3.05, 3.63) is 48.5 Å². The van der Waals surface area contributed by atoms with Crippen LogP contribution in [-0.4, -0.2) is 0 Å². The van der Waals surface area contributed by atoms with Crippen molar-refractivity contribution in [2.45, 2.75) is 0 Å². The first kappa shape index (κ1) is 5.48. The Balaban J connectivity index is -0.0000000173. The van der Waals surface area contributed by atoms with E-state index in [1.165, 1.54) is 10.8 Å². The minimum atomic E-state index is 0. The molecule has 0 aliphatic carbocycles. The fourth-order valence-corrected chi connectivity index (χ4v) is 1.13. The van der Waals surface area contributed by atoms with Crippen LogP contribution in [0.1, 0.15) is 14.3 Å². The predicted molar refractivity (Wildman–Crippen MR) is 55.1 cm³/mol. The summed E-state index contributed by atoms with van der Waals surface area (Å²) < 4.78 is 0. The summed E-state index contributed by atoms with van der Waals surface area (Å²) >= 11 is 0. The number of hydrogen-bond acceptors (Lipinski definition) is 0. The van der Waals surface area contributed by atoms with Crippen molar-refractivity contribution < 1.29 is 14.3 Å². The van der Waals surface area contributed by atoms with Crippen LogP contribution in [0.3, 0.4) is 0 Å². The molecule has 0 heteroatoms. The Labute approximate surface area is 75.0 Å². The van der Waals surface area contributed by atoms with Crippen molar-refractivity contribution in [1.29, 1.82) is 0 Å². The zero-order valence-corrected chi connectivity index (χ0v) is 5.62. The molecule has 48 valence electrons. The molecule has 0 saturated heterocycles. The van der Waals surface area contributed by atoms with Gasteiger partial charge in [-0.3, -0.25) is 0 Å². The molecular formula is C10H18+10. The summed E-state index contributed by atoms with van der Waals surface area (Å²) in [5.41, 5.74) is 0. The molecule has 0 aromatic heterocycles. The van der Waals surface area contributed by atoms with Crippen LogP contribution in [0.4, 0.5) is 0 Å². The Kier molecular flexibility index (Phi) is 1.17. The Hall–Kier alpha value is -1.30. The number of fused-ring (bicyclic) bond motifs is 1. The summed E-state index contributed by atoms with van der Waals surface area (Å²) in [6.07, 6.45) is 0. The average molecular weight is 138 g/mol. The maximum atomic E-state index is 2.12. The third-order valence-corrected chi connectivity index (χ3v) is 1.66. The van der Waals surface area contributed by atoms with Gasteiger partial charge in [0.15, 0.2) is 0 Å². The lowest BCUT2D eigenvalue weighted by molar-refractivity contribution is 1.75. The molecule has 0 fully saturated rings. The minimum absolute atomic E-state index is 0. The molecule has 0 unspecified atom stereocenters. The van der Waals surface area contributed by atoms with E-state index in [2.05, 4.69) is 48.5 Å². The van der Waals surface area contributed by atoms with Crippen LogP contribution in [0.15, 0.2) is 48.5 Å². The molecule has 0 atom stereocenters. The Morgan fingerprint density at radius 2 is 0.900 bits per heavy atom. The van der Waals surface area contributed by atoms with Crippen molar-refractivity contribution in [1.82, 2.24) is 0 Å². The first-order valence-corrected chi connectivity index (χ1v) is 3.40. The maximum absolute atomic E-state index is 2.12. The fourth-order valence-electron chi connectivity index (χ4n) is 1.13. The van der Waals surface area contributed by atoms with Crippen LogP contribution >= 0.6 is 0 Å². The van der Waals surface area contributed by atoms with E-state index in [4.69, 9.17) is 0 Å². The van der Waals surface area contributed by atoms with Gasteiger partial charge >= 0.3 is 14.3 Å². The van der Waals surface area contributed by atoms with Gasteiger partial charge in [-0.2, -0.15) is 0 Å². The summed E-state index contributed by atoms with van der Waals surface area (Å²) in [4.78, 5) is 0. The van der Waals surface area contributed by atoms with Crippen LogP contribution in [0.2, 0.25) is 0 Å². The highest BCUT2D eigenvalue weighted by atomic mass is 13.9. The van der Waals surface area contributed by atoms with Gasteiger partial charge in [0.1, 0.15) is 0 Å². The molecular weight excluding hydrogens is 120 g/mol. The van der Waals surface area contributed by atoms with E-state index in [-0.39, 0.29) is 14.3 Å². The summed E-state index contributed by atoms with van der Waals surface area (Å²) in [5.74, 6) is 0. The molecule has 0 heterocycles. The molecule has 2 aromatic rings. The van der Waals surface area contributed by atoms with Gasteiger partial charge in [0.05, 0.1) is 0 Å². The minimum Gasteiger partial charge on any atom is -0.0616 e. The Morgan fingerprint density at radius 3 is 1.20 bits per heavy atom. The molecule has 0 spiro atoms. The van der Waals surface area contributed by atoms with Gasteiger partial charge < -0.3 is 0 Å². The lowest BCUT2D eigenvalue weighted by atomic mass is 10.1. The van der Waals surface area contributed by atoms with Crippen molar-refractivity contribution in [3.63, 3.8) is 0 Å². The highest BCUT2D eigenvalue weighted by molar-refractivity contribution is 5.81. The maximum Gasteiger partial charge on any atom is 1.00 e. The molecule has 0 bridgehead atoms. The molecule has 2 aromatic carbocycles. The molecule has 0 amide bonds. The zero-order valence-electron chi connectivity index (χ0n) is 15.6. The first-order chi connectivity index (χ1) is 4.97. The van der Waals surface area contributed by atoms with E-state index in [9.17, 15) is 0 Å². The van der Waals surface area contributed by atoms with Gasteiger partial charge in [-0.25, -0.2) is 0 Å². The van der Waals surface area contributed by atoms with Gasteiger partial charge in [0.2, 0.25) is 0 Å². The predicted octanol–water partition coefficient (Wildman–Crippen LogP) is 3.96. The second-order valence-electron chi connectivity index (χ2n) is 2.35. The van der Waals surface area contributed by atoms with E-state index in [0.29, 0.717) is 0 Å². The molecule has 0 nitrogen and oxygen atoms in total. The lowest BCUT2D eigenvalue weighted by Gasteiger charge is -1.92. The smallest absolute Gasteiger partial charge is 0.0616 e. The van der Waals surface area contributed by atoms with E-state index < -0.39 is 0 Å². The standard InChI is InChI=1S/C10H8/c1-2-6-10-8-4-3-7-9(10)5-1/h1-8H/p+10. The number of hydrogen-bond donors (Lipinski definition) is 0. The quantitative estimate of drug-likeness (QED) is 0.517. The molecule has 2 rings (SSSR count). The largest absolute Gasteiger partial charge is 1.00 e. The van der Waals surface area contributed by atoms with Crippen LogP contribution in [0.25, 0.3) is 10.8 Å². The molecule has 0 aliphatic rings. The third kappa shape index (κ3) is 0.781. The first-order valence-electron chi connectivity index (χ1n) is 3.40. The van der Waals surface area contributed by atoms with Gasteiger partial charge in [-0.05, 0) is 10.8 Å². The molecule has 0 radical (unpaired) electrons. The van der Waals surface area contributed by atoms with Crippen molar-refractivity contribution in [2.75, 3.05) is 0 Å². The SMILES string of the molecule is [H+].[H+].[H+].[H+].[H+].[H+].[H+].[H+].[H+].[H+].c1ccc2ccccc2c1. The highest BCUT2D eigenvalue weighted by Crippen LogP contribution is 2.11. The molecule has 10 heavy (non-hydrogen) atoms. The van der Waals surface area contributed by atoms with E-state index in [1.807, 2.05) is 0 Å². The molecule has 0 aliphatic heterocycles. The average Bonchev–Trinajstić information content (AvgIpc) is 2.05. The monoisotopic (exact) mass is 138 g/mol. The Morgan fingerprint density at radius 1 is 0.600 bits per heavy atom. The van der Waals surface area contributed by atoms with Gasteiger partial charge in [0, 0.05) is 0 Å².